The SMILES string of the molecule is Cc1cccc(C(=O)c2ncccn2)c1. The molecule has 0 aliphatic carbocycles. The highest BCUT2D eigenvalue weighted by atomic mass is 16.1. The first-order valence-electron chi connectivity index (χ1n) is 4.66. The van der Waals surface area contributed by atoms with Crippen molar-refractivity contribution in [2.24, 2.45) is 0 Å². The number of rotatable bonds is 2. The number of nitrogens with zero attached hydrogens (tertiary/aromatic N) is 2. The van der Waals surface area contributed by atoms with Gasteiger partial charge in [0.1, 0.15) is 0 Å². The lowest BCUT2D eigenvalue weighted by Gasteiger charge is -1.99. The number of ketones is 1. The molecule has 0 aliphatic rings. The number of aryl methyl sites for hydroxylation is 1. The van der Waals surface area contributed by atoms with Crippen LogP contribution < -0.4 is 0 Å². The molecule has 0 unspecified atom stereocenters. The second kappa shape index (κ2) is 4.00. The molecule has 2 rings (SSSR count). The molecular formula is C12H10N2O. The smallest absolute Gasteiger partial charge is 0.230 e. The van der Waals surface area contributed by atoms with E-state index in [9.17, 15) is 4.79 Å². The summed E-state index contributed by atoms with van der Waals surface area (Å²) >= 11 is 0. The first-order valence-corrected chi connectivity index (χ1v) is 4.66. The summed E-state index contributed by atoms with van der Waals surface area (Å²) in [6, 6.07) is 9.09. The molecule has 0 atom stereocenters. The maximum absolute atomic E-state index is 11.9. The van der Waals surface area contributed by atoms with Gasteiger partial charge >= 0.3 is 0 Å². The molecule has 1 heterocycles. The summed E-state index contributed by atoms with van der Waals surface area (Å²) in [6.45, 7) is 1.95. The standard InChI is InChI=1S/C12H10N2O/c1-9-4-2-5-10(8-9)11(15)12-13-6-3-7-14-12/h2-8H,1H3. The van der Waals surface area contributed by atoms with E-state index < -0.39 is 0 Å². The van der Waals surface area contributed by atoms with Gasteiger partial charge < -0.3 is 0 Å². The van der Waals surface area contributed by atoms with Crippen molar-refractivity contribution >= 4 is 5.78 Å². The summed E-state index contributed by atoms with van der Waals surface area (Å²) in [5, 5.41) is 0. The van der Waals surface area contributed by atoms with Crippen LogP contribution in [0.2, 0.25) is 0 Å². The number of carbonyl (C=O) groups is 1. The Morgan fingerprint density at radius 3 is 2.53 bits per heavy atom. The number of aromatic nitrogens is 2. The zero-order valence-electron chi connectivity index (χ0n) is 8.34. The maximum Gasteiger partial charge on any atom is 0.230 e. The number of benzene rings is 1. The van der Waals surface area contributed by atoms with Crippen molar-refractivity contribution in [2.75, 3.05) is 0 Å². The summed E-state index contributed by atoms with van der Waals surface area (Å²) in [4.78, 5) is 19.7. The highest BCUT2D eigenvalue weighted by Crippen LogP contribution is 2.07. The fraction of sp³-hybridized carbons (Fsp3) is 0.0833. The molecule has 1 aromatic heterocycles. The number of hydrogen-bond acceptors (Lipinski definition) is 3. The van der Waals surface area contributed by atoms with E-state index in [4.69, 9.17) is 0 Å². The van der Waals surface area contributed by atoms with Gasteiger partial charge in [0.15, 0.2) is 0 Å². The Morgan fingerprint density at radius 2 is 1.87 bits per heavy atom. The lowest BCUT2D eigenvalue weighted by atomic mass is 10.1. The van der Waals surface area contributed by atoms with Gasteiger partial charge in [-0.2, -0.15) is 0 Å². The van der Waals surface area contributed by atoms with Crippen LogP contribution in [-0.4, -0.2) is 15.8 Å². The van der Waals surface area contributed by atoms with Crippen LogP contribution in [0.3, 0.4) is 0 Å². The Morgan fingerprint density at radius 1 is 1.13 bits per heavy atom. The highest BCUT2D eigenvalue weighted by Gasteiger charge is 2.10. The van der Waals surface area contributed by atoms with E-state index in [0.29, 0.717) is 5.56 Å². The lowest BCUT2D eigenvalue weighted by molar-refractivity contribution is 0.102. The monoisotopic (exact) mass is 198 g/mol. The van der Waals surface area contributed by atoms with Crippen molar-refractivity contribution in [3.8, 4) is 0 Å². The molecular weight excluding hydrogens is 188 g/mol. The summed E-state index contributed by atoms with van der Waals surface area (Å²) in [5.41, 5.74) is 1.68. The first-order chi connectivity index (χ1) is 7.27. The Hall–Kier alpha value is -2.03. The van der Waals surface area contributed by atoms with Crippen LogP contribution in [0.15, 0.2) is 42.7 Å². The number of hydrogen-bond donors (Lipinski definition) is 0. The molecule has 3 heteroatoms. The predicted octanol–water partition coefficient (Wildman–Crippen LogP) is 2.02. The number of carbonyl (C=O) groups excluding carboxylic acids is 1. The molecule has 0 N–H and O–H groups in total. The Bertz CT molecular complexity index is 480. The molecule has 0 radical (unpaired) electrons. The Labute approximate surface area is 87.8 Å². The first kappa shape index (κ1) is 9.52. The van der Waals surface area contributed by atoms with Crippen molar-refractivity contribution < 1.29 is 4.79 Å². The summed E-state index contributed by atoms with van der Waals surface area (Å²) in [5.74, 6) is 0.0994. The van der Waals surface area contributed by atoms with Gasteiger partial charge in [0.2, 0.25) is 11.6 Å². The third-order valence-corrected chi connectivity index (χ3v) is 2.05. The van der Waals surface area contributed by atoms with Crippen LogP contribution in [0, 0.1) is 6.92 Å². The minimum absolute atomic E-state index is 0.140. The van der Waals surface area contributed by atoms with Gasteiger partial charge in [0.25, 0.3) is 0 Å². The molecule has 1 aromatic carbocycles. The second-order valence-electron chi connectivity index (χ2n) is 3.27. The van der Waals surface area contributed by atoms with Crippen LogP contribution in [0.4, 0.5) is 0 Å². The van der Waals surface area contributed by atoms with Crippen molar-refractivity contribution in [2.45, 2.75) is 6.92 Å². The van der Waals surface area contributed by atoms with Gasteiger partial charge in [-0.1, -0.05) is 23.8 Å². The van der Waals surface area contributed by atoms with E-state index in [1.165, 1.54) is 0 Å². The van der Waals surface area contributed by atoms with Crippen LogP contribution >= 0.6 is 0 Å². The van der Waals surface area contributed by atoms with E-state index in [1.54, 1.807) is 24.5 Å². The van der Waals surface area contributed by atoms with Crippen molar-refractivity contribution in [3.63, 3.8) is 0 Å². The minimum atomic E-state index is -0.140. The molecule has 0 saturated carbocycles. The van der Waals surface area contributed by atoms with E-state index in [0.717, 1.165) is 5.56 Å². The van der Waals surface area contributed by atoms with Crippen molar-refractivity contribution in [1.29, 1.82) is 0 Å². The van der Waals surface area contributed by atoms with Crippen molar-refractivity contribution in [3.05, 3.63) is 59.7 Å². The maximum atomic E-state index is 11.9. The molecule has 0 bridgehead atoms. The molecule has 74 valence electrons. The van der Waals surface area contributed by atoms with Gasteiger partial charge in [-0.05, 0) is 19.1 Å². The third kappa shape index (κ3) is 2.07. The van der Waals surface area contributed by atoms with Crippen LogP contribution in [0.25, 0.3) is 0 Å². The van der Waals surface area contributed by atoms with Crippen LogP contribution in [0.5, 0.6) is 0 Å². The van der Waals surface area contributed by atoms with Gasteiger partial charge in [0, 0.05) is 18.0 Å². The molecule has 0 saturated heterocycles. The summed E-state index contributed by atoms with van der Waals surface area (Å²) in [7, 11) is 0. The fourth-order valence-corrected chi connectivity index (χ4v) is 1.33. The molecule has 0 aliphatic heterocycles. The predicted molar refractivity (Wildman–Crippen MR) is 56.6 cm³/mol. The topological polar surface area (TPSA) is 42.9 Å². The second-order valence-corrected chi connectivity index (χ2v) is 3.27. The Kier molecular flexibility index (Phi) is 2.54. The van der Waals surface area contributed by atoms with Gasteiger partial charge in [0.05, 0.1) is 0 Å². The van der Waals surface area contributed by atoms with Gasteiger partial charge in [-0.3, -0.25) is 4.79 Å². The normalized spacial score (nSPS) is 9.93. The average Bonchev–Trinajstić information content (AvgIpc) is 2.29. The van der Waals surface area contributed by atoms with Crippen LogP contribution in [0.1, 0.15) is 21.7 Å². The third-order valence-electron chi connectivity index (χ3n) is 2.05. The minimum Gasteiger partial charge on any atom is -0.285 e. The summed E-state index contributed by atoms with van der Waals surface area (Å²) < 4.78 is 0. The van der Waals surface area contributed by atoms with Crippen LogP contribution in [-0.2, 0) is 0 Å². The molecule has 2 aromatic rings. The van der Waals surface area contributed by atoms with E-state index >= 15 is 0 Å². The molecule has 0 fully saturated rings. The summed E-state index contributed by atoms with van der Waals surface area (Å²) in [6.07, 6.45) is 3.13. The van der Waals surface area contributed by atoms with Crippen molar-refractivity contribution in [1.82, 2.24) is 9.97 Å². The zero-order chi connectivity index (χ0) is 10.7. The quantitative estimate of drug-likeness (QED) is 0.693. The van der Waals surface area contributed by atoms with Gasteiger partial charge in [-0.25, -0.2) is 9.97 Å². The highest BCUT2D eigenvalue weighted by molar-refractivity contribution is 6.06. The van der Waals surface area contributed by atoms with E-state index in [1.807, 2.05) is 25.1 Å². The lowest BCUT2D eigenvalue weighted by Crippen LogP contribution is -2.06. The zero-order valence-corrected chi connectivity index (χ0v) is 8.34. The Balaban J connectivity index is 2.37. The molecule has 3 nitrogen and oxygen atoms in total. The molecule has 0 amide bonds. The average molecular weight is 198 g/mol. The van der Waals surface area contributed by atoms with E-state index in [-0.39, 0.29) is 11.6 Å². The van der Waals surface area contributed by atoms with E-state index in [2.05, 4.69) is 9.97 Å². The van der Waals surface area contributed by atoms with Gasteiger partial charge in [-0.15, -0.1) is 0 Å². The molecule has 0 spiro atoms. The fourth-order valence-electron chi connectivity index (χ4n) is 1.33. The molecule has 15 heavy (non-hydrogen) atoms. The largest absolute Gasteiger partial charge is 0.285 e.